The third-order valence-electron chi connectivity index (χ3n) is 2.65. The largest absolute Gasteiger partial charge is 0.493 e. The minimum absolute atomic E-state index is 0.0361. The Labute approximate surface area is 122 Å². The third kappa shape index (κ3) is 6.05. The average Bonchev–Trinajstić information content (AvgIpc) is 2.36. The van der Waals surface area contributed by atoms with Gasteiger partial charge in [-0.05, 0) is 51.9 Å². The van der Waals surface area contributed by atoms with Gasteiger partial charge < -0.3 is 10.1 Å². The van der Waals surface area contributed by atoms with Gasteiger partial charge >= 0.3 is 6.18 Å². The summed E-state index contributed by atoms with van der Waals surface area (Å²) in [5.74, 6) is -0.239. The van der Waals surface area contributed by atoms with Crippen LogP contribution < -0.4 is 10.1 Å². The van der Waals surface area contributed by atoms with E-state index in [9.17, 15) is 13.2 Å². The maximum absolute atomic E-state index is 12.9. The van der Waals surface area contributed by atoms with Gasteiger partial charge in [0.2, 0.25) is 0 Å². The van der Waals surface area contributed by atoms with Crippen molar-refractivity contribution in [2.24, 2.45) is 0 Å². The van der Waals surface area contributed by atoms with Crippen LogP contribution in [-0.2, 0) is 6.18 Å². The van der Waals surface area contributed by atoms with E-state index in [4.69, 9.17) is 10.00 Å². The number of nitrogens with zero attached hydrogens (tertiary/aromatic N) is 1. The summed E-state index contributed by atoms with van der Waals surface area (Å²) in [4.78, 5) is 0. The molecular weight excluding hydrogens is 281 g/mol. The first-order valence-corrected chi connectivity index (χ1v) is 6.62. The van der Waals surface area contributed by atoms with Crippen LogP contribution in [0.2, 0.25) is 0 Å². The van der Waals surface area contributed by atoms with Crippen LogP contribution in [-0.4, -0.2) is 18.7 Å². The number of benzene rings is 1. The molecule has 0 fully saturated rings. The lowest BCUT2D eigenvalue weighted by atomic mass is 10.1. The van der Waals surface area contributed by atoms with Crippen molar-refractivity contribution in [1.82, 2.24) is 5.32 Å². The molecule has 0 aliphatic rings. The lowest BCUT2D eigenvalue weighted by Crippen LogP contribution is -2.36. The highest BCUT2D eigenvalue weighted by Crippen LogP contribution is 2.36. The van der Waals surface area contributed by atoms with E-state index in [1.54, 1.807) is 6.07 Å². The highest BCUT2D eigenvalue weighted by atomic mass is 19.4. The van der Waals surface area contributed by atoms with Crippen LogP contribution in [0.4, 0.5) is 13.2 Å². The third-order valence-corrected chi connectivity index (χ3v) is 2.65. The summed E-state index contributed by atoms with van der Waals surface area (Å²) in [5, 5.41) is 11.9. The van der Waals surface area contributed by atoms with E-state index in [1.807, 2.05) is 20.8 Å². The van der Waals surface area contributed by atoms with Crippen molar-refractivity contribution in [3.63, 3.8) is 0 Å². The molecule has 0 aromatic heterocycles. The highest BCUT2D eigenvalue weighted by Gasteiger charge is 2.34. The van der Waals surface area contributed by atoms with Crippen LogP contribution in [0, 0.1) is 11.3 Å². The number of hydrogen-bond acceptors (Lipinski definition) is 3. The van der Waals surface area contributed by atoms with Gasteiger partial charge in [-0.15, -0.1) is 0 Å². The van der Waals surface area contributed by atoms with Gasteiger partial charge in [0.25, 0.3) is 0 Å². The molecule has 1 N–H and O–H groups in total. The van der Waals surface area contributed by atoms with Gasteiger partial charge in [-0.1, -0.05) is 0 Å². The van der Waals surface area contributed by atoms with Gasteiger partial charge in [-0.3, -0.25) is 0 Å². The van der Waals surface area contributed by atoms with Gasteiger partial charge in [0.15, 0.2) is 0 Å². The molecule has 116 valence electrons. The Kier molecular flexibility index (Phi) is 5.62. The second-order valence-corrected chi connectivity index (χ2v) is 5.70. The minimum Gasteiger partial charge on any atom is -0.493 e. The Balaban J connectivity index is 2.65. The summed E-state index contributed by atoms with van der Waals surface area (Å²) in [5.41, 5.74) is -0.986. The first kappa shape index (κ1) is 17.3. The zero-order valence-electron chi connectivity index (χ0n) is 12.3. The molecule has 0 bridgehead atoms. The van der Waals surface area contributed by atoms with E-state index < -0.39 is 11.7 Å². The molecule has 0 aliphatic carbocycles. The first-order valence-electron chi connectivity index (χ1n) is 6.62. The number of rotatable bonds is 5. The molecule has 3 nitrogen and oxygen atoms in total. The van der Waals surface area contributed by atoms with Crippen molar-refractivity contribution < 1.29 is 17.9 Å². The molecule has 0 heterocycles. The molecule has 6 heteroatoms. The normalized spacial score (nSPS) is 12.0. The topological polar surface area (TPSA) is 45.0 Å². The number of halogens is 3. The maximum atomic E-state index is 12.9. The lowest BCUT2D eigenvalue weighted by Gasteiger charge is -2.20. The molecule has 0 amide bonds. The summed E-state index contributed by atoms with van der Waals surface area (Å²) in [6.45, 7) is 6.86. The number of nitrogens with one attached hydrogen (secondary N) is 1. The van der Waals surface area contributed by atoms with Gasteiger partial charge in [-0.2, -0.15) is 18.4 Å². The molecule has 1 aromatic carbocycles. The summed E-state index contributed by atoms with van der Waals surface area (Å²) < 4.78 is 43.9. The van der Waals surface area contributed by atoms with Crippen molar-refractivity contribution >= 4 is 0 Å². The Bertz CT molecular complexity index is 513. The van der Waals surface area contributed by atoms with E-state index >= 15 is 0 Å². The molecule has 0 atom stereocenters. The molecule has 0 spiro atoms. The maximum Gasteiger partial charge on any atom is 0.420 e. The quantitative estimate of drug-likeness (QED) is 0.843. The molecule has 0 aliphatic heterocycles. The van der Waals surface area contributed by atoms with Crippen LogP contribution in [0.1, 0.15) is 38.3 Å². The second kappa shape index (κ2) is 6.81. The van der Waals surface area contributed by atoms with Crippen molar-refractivity contribution in [2.75, 3.05) is 13.2 Å². The van der Waals surface area contributed by atoms with Crippen molar-refractivity contribution in [1.29, 1.82) is 5.26 Å². The smallest absolute Gasteiger partial charge is 0.420 e. The lowest BCUT2D eigenvalue weighted by molar-refractivity contribution is -0.139. The minimum atomic E-state index is -4.54. The first-order chi connectivity index (χ1) is 9.63. The van der Waals surface area contributed by atoms with Crippen molar-refractivity contribution in [3.8, 4) is 11.8 Å². The van der Waals surface area contributed by atoms with Crippen LogP contribution in [0.15, 0.2) is 18.2 Å². The van der Waals surface area contributed by atoms with E-state index in [0.717, 1.165) is 6.07 Å². The van der Waals surface area contributed by atoms with Gasteiger partial charge in [0, 0.05) is 5.54 Å². The van der Waals surface area contributed by atoms with Crippen LogP contribution >= 0.6 is 0 Å². The average molecular weight is 300 g/mol. The fourth-order valence-corrected chi connectivity index (χ4v) is 1.66. The van der Waals surface area contributed by atoms with Crippen LogP contribution in [0.25, 0.3) is 0 Å². The number of hydrogen-bond donors (Lipinski definition) is 1. The molecule has 0 saturated heterocycles. The standard InChI is InChI=1S/C15H19F3N2O/c1-14(2,3)20-7-4-8-21-13-6-5-11(10-19)9-12(13)15(16,17)18/h5-6,9,20H,4,7-8H2,1-3H3. The van der Waals surface area contributed by atoms with E-state index in [1.165, 1.54) is 12.1 Å². The molecule has 21 heavy (non-hydrogen) atoms. The Hall–Kier alpha value is -1.74. The van der Waals surface area contributed by atoms with E-state index in [0.29, 0.717) is 13.0 Å². The number of nitriles is 1. The van der Waals surface area contributed by atoms with Gasteiger partial charge in [0.05, 0.1) is 23.8 Å². The Morgan fingerprint density at radius 2 is 1.90 bits per heavy atom. The molecular formula is C15H19F3N2O. The van der Waals surface area contributed by atoms with Crippen molar-refractivity contribution in [3.05, 3.63) is 29.3 Å². The summed E-state index contributed by atoms with van der Waals surface area (Å²) in [6, 6.07) is 5.01. The van der Waals surface area contributed by atoms with Gasteiger partial charge in [0.1, 0.15) is 5.75 Å². The molecule has 1 rings (SSSR count). The fourth-order valence-electron chi connectivity index (χ4n) is 1.66. The Morgan fingerprint density at radius 1 is 1.24 bits per heavy atom. The Morgan fingerprint density at radius 3 is 2.43 bits per heavy atom. The van der Waals surface area contributed by atoms with Crippen LogP contribution in [0.3, 0.4) is 0 Å². The molecule has 0 unspecified atom stereocenters. The van der Waals surface area contributed by atoms with E-state index in [-0.39, 0.29) is 23.5 Å². The predicted octanol–water partition coefficient (Wildman–Crippen LogP) is 3.73. The number of ether oxygens (including phenoxy) is 1. The van der Waals surface area contributed by atoms with Crippen LogP contribution in [0.5, 0.6) is 5.75 Å². The highest BCUT2D eigenvalue weighted by molar-refractivity contribution is 5.43. The van der Waals surface area contributed by atoms with E-state index in [2.05, 4.69) is 5.32 Å². The summed E-state index contributed by atoms with van der Waals surface area (Å²) in [7, 11) is 0. The van der Waals surface area contributed by atoms with Gasteiger partial charge in [-0.25, -0.2) is 0 Å². The monoisotopic (exact) mass is 300 g/mol. The number of alkyl halides is 3. The van der Waals surface area contributed by atoms with Crippen molar-refractivity contribution in [2.45, 2.75) is 38.9 Å². The second-order valence-electron chi connectivity index (χ2n) is 5.70. The molecule has 0 radical (unpaired) electrons. The zero-order chi connectivity index (χ0) is 16.1. The summed E-state index contributed by atoms with van der Waals surface area (Å²) in [6.07, 6.45) is -3.94. The predicted molar refractivity (Wildman–Crippen MR) is 74.0 cm³/mol. The SMILES string of the molecule is CC(C)(C)NCCCOc1ccc(C#N)cc1C(F)(F)F. The zero-order valence-corrected chi connectivity index (χ0v) is 12.3. The fraction of sp³-hybridized carbons (Fsp3) is 0.533. The summed E-state index contributed by atoms with van der Waals surface area (Å²) >= 11 is 0. The molecule has 0 saturated carbocycles. The molecule has 1 aromatic rings.